The van der Waals surface area contributed by atoms with E-state index in [1.54, 1.807) is 6.07 Å². The van der Waals surface area contributed by atoms with Crippen LogP contribution in [0.15, 0.2) is 36.4 Å². The molecule has 0 saturated carbocycles. The Morgan fingerprint density at radius 3 is 2.50 bits per heavy atom. The van der Waals surface area contributed by atoms with E-state index in [0.717, 1.165) is 36.3 Å². The van der Waals surface area contributed by atoms with E-state index in [-0.39, 0.29) is 6.04 Å². The fourth-order valence-electron chi connectivity index (χ4n) is 2.52. The Bertz CT molecular complexity index is 622. The molecule has 1 unspecified atom stereocenters. The minimum Gasteiger partial charge on any atom is -0.493 e. The van der Waals surface area contributed by atoms with Crippen LogP contribution in [0.2, 0.25) is 10.0 Å². The summed E-state index contributed by atoms with van der Waals surface area (Å²) < 4.78 is 5.62. The first-order valence-corrected chi connectivity index (χ1v) is 7.36. The molecule has 1 aliphatic rings. The minimum absolute atomic E-state index is 0.238. The van der Waals surface area contributed by atoms with Crippen LogP contribution in [0.25, 0.3) is 0 Å². The van der Waals surface area contributed by atoms with Crippen molar-refractivity contribution < 1.29 is 4.74 Å². The summed E-state index contributed by atoms with van der Waals surface area (Å²) in [5.74, 6) is 0.969. The molecular weight excluding hydrogens is 293 g/mol. The molecule has 0 aliphatic carbocycles. The highest BCUT2D eigenvalue weighted by Gasteiger charge is 2.15. The fraction of sp³-hybridized carbons (Fsp3) is 0.250. The first-order valence-electron chi connectivity index (χ1n) is 6.61. The van der Waals surface area contributed by atoms with Crippen LogP contribution in [0.1, 0.15) is 29.2 Å². The highest BCUT2D eigenvalue weighted by Crippen LogP contribution is 2.31. The number of ether oxygens (including phenoxy) is 1. The summed E-state index contributed by atoms with van der Waals surface area (Å²) in [5, 5.41) is 1.20. The van der Waals surface area contributed by atoms with E-state index in [9.17, 15) is 0 Å². The Hall–Kier alpha value is -1.22. The summed E-state index contributed by atoms with van der Waals surface area (Å²) in [4.78, 5) is 0. The number of nitrogens with two attached hydrogens (primary N) is 1. The van der Waals surface area contributed by atoms with Crippen molar-refractivity contribution in [3.63, 3.8) is 0 Å². The predicted molar refractivity (Wildman–Crippen MR) is 82.8 cm³/mol. The minimum atomic E-state index is -0.238. The first kappa shape index (κ1) is 13.7. The predicted octanol–water partition coefficient (Wildman–Crippen LogP) is 4.37. The van der Waals surface area contributed by atoms with Gasteiger partial charge in [-0.15, -0.1) is 0 Å². The van der Waals surface area contributed by atoms with Gasteiger partial charge in [0.2, 0.25) is 0 Å². The molecule has 3 rings (SSSR count). The zero-order valence-corrected chi connectivity index (χ0v) is 12.4. The maximum absolute atomic E-state index is 6.33. The molecule has 2 aromatic rings. The van der Waals surface area contributed by atoms with E-state index in [0.29, 0.717) is 10.0 Å². The lowest BCUT2D eigenvalue weighted by Gasteiger charge is -2.20. The molecule has 20 heavy (non-hydrogen) atoms. The molecule has 2 nitrogen and oxygen atoms in total. The van der Waals surface area contributed by atoms with Crippen molar-refractivity contribution in [1.29, 1.82) is 0 Å². The SMILES string of the molecule is NC(c1cc(Cl)cc(Cl)c1)c1ccc2c(c1)CCCO2. The van der Waals surface area contributed by atoms with Crippen LogP contribution >= 0.6 is 23.2 Å². The summed E-state index contributed by atoms with van der Waals surface area (Å²) in [6.45, 7) is 0.794. The third kappa shape index (κ3) is 2.78. The van der Waals surface area contributed by atoms with Crippen LogP contribution in [0.5, 0.6) is 5.75 Å². The Morgan fingerprint density at radius 2 is 1.75 bits per heavy atom. The Morgan fingerprint density at radius 1 is 1.00 bits per heavy atom. The lowest BCUT2D eigenvalue weighted by molar-refractivity contribution is 0.288. The Kier molecular flexibility index (Phi) is 3.88. The maximum atomic E-state index is 6.33. The maximum Gasteiger partial charge on any atom is 0.122 e. The van der Waals surface area contributed by atoms with Crippen molar-refractivity contribution in [2.45, 2.75) is 18.9 Å². The van der Waals surface area contributed by atoms with E-state index in [4.69, 9.17) is 33.7 Å². The Balaban J connectivity index is 1.95. The molecule has 0 amide bonds. The summed E-state index contributed by atoms with van der Waals surface area (Å²) in [6, 6.07) is 11.3. The third-order valence-electron chi connectivity index (χ3n) is 3.54. The van der Waals surface area contributed by atoms with E-state index in [1.807, 2.05) is 24.3 Å². The van der Waals surface area contributed by atoms with Gasteiger partial charge in [0.15, 0.2) is 0 Å². The lowest BCUT2D eigenvalue weighted by atomic mass is 9.95. The second-order valence-corrected chi connectivity index (χ2v) is 5.87. The summed E-state index contributed by atoms with van der Waals surface area (Å²) in [7, 11) is 0. The zero-order chi connectivity index (χ0) is 14.1. The van der Waals surface area contributed by atoms with Crippen LogP contribution in [-0.2, 0) is 6.42 Å². The van der Waals surface area contributed by atoms with Crippen molar-refractivity contribution in [3.8, 4) is 5.75 Å². The summed E-state index contributed by atoms with van der Waals surface area (Å²) in [6.07, 6.45) is 2.08. The van der Waals surface area contributed by atoms with Gasteiger partial charge in [0.05, 0.1) is 12.6 Å². The van der Waals surface area contributed by atoms with E-state index in [2.05, 4.69) is 6.07 Å². The molecule has 104 valence electrons. The summed E-state index contributed by atoms with van der Waals surface area (Å²) in [5.41, 5.74) is 9.51. The van der Waals surface area contributed by atoms with E-state index < -0.39 is 0 Å². The van der Waals surface area contributed by atoms with Crippen LogP contribution < -0.4 is 10.5 Å². The monoisotopic (exact) mass is 307 g/mol. The van der Waals surface area contributed by atoms with Crippen molar-refractivity contribution >= 4 is 23.2 Å². The van der Waals surface area contributed by atoms with Gasteiger partial charge in [-0.2, -0.15) is 0 Å². The van der Waals surface area contributed by atoms with E-state index >= 15 is 0 Å². The van der Waals surface area contributed by atoms with Crippen molar-refractivity contribution in [3.05, 3.63) is 63.1 Å². The second kappa shape index (κ2) is 5.65. The van der Waals surface area contributed by atoms with Gasteiger partial charge in [0, 0.05) is 10.0 Å². The molecule has 0 saturated heterocycles. The van der Waals surface area contributed by atoms with Crippen LogP contribution in [0.3, 0.4) is 0 Å². The van der Waals surface area contributed by atoms with Gasteiger partial charge in [0.1, 0.15) is 5.75 Å². The molecular formula is C16H15Cl2NO. The van der Waals surface area contributed by atoms with Gasteiger partial charge in [0.25, 0.3) is 0 Å². The highest BCUT2D eigenvalue weighted by molar-refractivity contribution is 6.34. The van der Waals surface area contributed by atoms with Crippen molar-refractivity contribution in [1.82, 2.24) is 0 Å². The average molecular weight is 308 g/mol. The standard InChI is InChI=1S/C16H15Cl2NO/c17-13-7-12(8-14(18)9-13)16(19)11-3-4-15-10(6-11)2-1-5-20-15/h3-4,6-9,16H,1-2,5,19H2. The van der Waals surface area contributed by atoms with Gasteiger partial charge in [-0.3, -0.25) is 0 Å². The van der Waals surface area contributed by atoms with Gasteiger partial charge >= 0.3 is 0 Å². The van der Waals surface area contributed by atoms with Crippen molar-refractivity contribution in [2.24, 2.45) is 5.73 Å². The topological polar surface area (TPSA) is 35.2 Å². The molecule has 4 heteroatoms. The smallest absolute Gasteiger partial charge is 0.122 e. The number of hydrogen-bond donors (Lipinski definition) is 1. The first-order chi connectivity index (χ1) is 9.63. The molecule has 1 aliphatic heterocycles. The largest absolute Gasteiger partial charge is 0.493 e. The Labute approximate surface area is 128 Å². The van der Waals surface area contributed by atoms with Gasteiger partial charge in [-0.05, 0) is 53.8 Å². The second-order valence-electron chi connectivity index (χ2n) is 5.00. The summed E-state index contributed by atoms with van der Waals surface area (Å²) >= 11 is 12.1. The molecule has 0 aromatic heterocycles. The van der Waals surface area contributed by atoms with Crippen LogP contribution in [0, 0.1) is 0 Å². The molecule has 0 radical (unpaired) electrons. The molecule has 2 N–H and O–H groups in total. The third-order valence-corrected chi connectivity index (χ3v) is 3.97. The highest BCUT2D eigenvalue weighted by atomic mass is 35.5. The van der Waals surface area contributed by atoms with Crippen LogP contribution in [0.4, 0.5) is 0 Å². The lowest BCUT2D eigenvalue weighted by Crippen LogP contribution is -2.14. The molecule has 0 spiro atoms. The van der Waals surface area contributed by atoms with Crippen molar-refractivity contribution in [2.75, 3.05) is 6.61 Å². The molecule has 0 bridgehead atoms. The fourth-order valence-corrected chi connectivity index (χ4v) is 3.06. The van der Waals surface area contributed by atoms with Gasteiger partial charge in [-0.1, -0.05) is 35.3 Å². The number of rotatable bonds is 2. The number of aryl methyl sites for hydroxylation is 1. The molecule has 1 atom stereocenters. The number of benzene rings is 2. The zero-order valence-electron chi connectivity index (χ0n) is 10.9. The molecule has 1 heterocycles. The number of halogens is 2. The molecule has 2 aromatic carbocycles. The quantitative estimate of drug-likeness (QED) is 0.894. The van der Waals surface area contributed by atoms with E-state index in [1.165, 1.54) is 5.56 Å². The average Bonchev–Trinajstić information content (AvgIpc) is 2.45. The number of hydrogen-bond acceptors (Lipinski definition) is 2. The van der Waals surface area contributed by atoms with Gasteiger partial charge < -0.3 is 10.5 Å². The molecule has 0 fully saturated rings. The normalized spacial score (nSPS) is 15.3. The van der Waals surface area contributed by atoms with Crippen LogP contribution in [-0.4, -0.2) is 6.61 Å². The van der Waals surface area contributed by atoms with Gasteiger partial charge in [-0.25, -0.2) is 0 Å². The number of fused-ring (bicyclic) bond motifs is 1.